The van der Waals surface area contributed by atoms with E-state index in [0.29, 0.717) is 25.5 Å². The van der Waals surface area contributed by atoms with Crippen LogP contribution in [-0.2, 0) is 19.3 Å². The molecule has 0 spiro atoms. The summed E-state index contributed by atoms with van der Waals surface area (Å²) in [5.74, 6) is 0.297. The maximum absolute atomic E-state index is 12.8. The van der Waals surface area contributed by atoms with E-state index >= 15 is 0 Å². The van der Waals surface area contributed by atoms with Gasteiger partial charge in [0, 0.05) is 13.1 Å². The molecule has 2 aliphatic rings. The van der Waals surface area contributed by atoms with E-state index < -0.39 is 12.0 Å². The third-order valence-electron chi connectivity index (χ3n) is 4.40. The molecule has 1 fully saturated rings. The van der Waals surface area contributed by atoms with Gasteiger partial charge in [0.25, 0.3) is 0 Å². The van der Waals surface area contributed by atoms with Crippen molar-refractivity contribution in [3.63, 3.8) is 0 Å². The maximum atomic E-state index is 12.8. The Hall–Kier alpha value is -0.860. The predicted octanol–water partition coefficient (Wildman–Crippen LogP) is 1.92. The fraction of sp³-hybridized carbons (Fsp3) is 0.846. The Morgan fingerprint density at radius 3 is 2.55 bits per heavy atom. The van der Waals surface area contributed by atoms with Crippen molar-refractivity contribution in [2.75, 3.05) is 26.2 Å². The van der Waals surface area contributed by atoms with Gasteiger partial charge in [0.15, 0.2) is 0 Å². The van der Waals surface area contributed by atoms with Crippen LogP contribution in [0, 0.1) is 5.92 Å². The highest BCUT2D eigenvalue weighted by molar-refractivity contribution is 5.85. The summed E-state index contributed by atoms with van der Waals surface area (Å²) in [6.07, 6.45) is -0.908. The van der Waals surface area contributed by atoms with Crippen LogP contribution in [0.5, 0.6) is 0 Å². The minimum Gasteiger partial charge on any atom is -0.317 e. The van der Waals surface area contributed by atoms with E-state index in [1.165, 1.54) is 17.4 Å². The summed E-state index contributed by atoms with van der Waals surface area (Å²) in [5.41, 5.74) is 0. The Balaban J connectivity index is 0.00000176. The molecule has 126 valence electrons. The van der Waals surface area contributed by atoms with E-state index in [1.807, 2.05) is 0 Å². The Morgan fingerprint density at radius 2 is 1.86 bits per heavy atom. The molecule has 1 aromatic heterocycles. The number of alkyl halides is 3. The fourth-order valence-corrected chi connectivity index (χ4v) is 3.14. The maximum Gasteiger partial charge on any atom is 0.451 e. The number of halogens is 4. The van der Waals surface area contributed by atoms with Crippen molar-refractivity contribution in [2.45, 2.75) is 38.5 Å². The Kier molecular flexibility index (Phi) is 5.68. The van der Waals surface area contributed by atoms with Crippen LogP contribution in [0.4, 0.5) is 13.2 Å². The highest BCUT2D eigenvalue weighted by atomic mass is 35.5. The van der Waals surface area contributed by atoms with Crippen LogP contribution in [0.2, 0.25) is 0 Å². The van der Waals surface area contributed by atoms with E-state index in [9.17, 15) is 13.2 Å². The lowest BCUT2D eigenvalue weighted by Gasteiger charge is -2.30. The van der Waals surface area contributed by atoms with Crippen molar-refractivity contribution in [3.05, 3.63) is 11.6 Å². The molecule has 2 aliphatic heterocycles. The molecule has 0 amide bonds. The van der Waals surface area contributed by atoms with E-state index in [-0.39, 0.29) is 12.4 Å². The van der Waals surface area contributed by atoms with Gasteiger partial charge < -0.3 is 9.88 Å². The topological polar surface area (TPSA) is 46.0 Å². The number of nitrogens with one attached hydrogen (secondary N) is 1. The standard InChI is InChI=1S/C13H20F3N5.ClH/c14-13(15,16)12-19-18-11-9-20(7-8-21(11)12)6-3-10-1-4-17-5-2-10;/h10,17H,1-9H2;1H. The zero-order valence-electron chi connectivity index (χ0n) is 12.3. The van der Waals surface area contributed by atoms with Gasteiger partial charge >= 0.3 is 6.18 Å². The first-order valence-corrected chi connectivity index (χ1v) is 7.46. The first-order valence-electron chi connectivity index (χ1n) is 7.46. The molecule has 0 radical (unpaired) electrons. The smallest absolute Gasteiger partial charge is 0.317 e. The monoisotopic (exact) mass is 339 g/mol. The Bertz CT molecular complexity index is 485. The van der Waals surface area contributed by atoms with Gasteiger partial charge in [0.05, 0.1) is 6.54 Å². The molecule has 5 nitrogen and oxygen atoms in total. The second kappa shape index (κ2) is 7.14. The van der Waals surface area contributed by atoms with Crippen LogP contribution in [0.3, 0.4) is 0 Å². The second-order valence-electron chi connectivity index (χ2n) is 5.85. The third kappa shape index (κ3) is 3.91. The number of piperidine rings is 1. The van der Waals surface area contributed by atoms with E-state index in [2.05, 4.69) is 20.4 Å². The first kappa shape index (κ1) is 17.5. The zero-order chi connectivity index (χ0) is 14.9. The lowest BCUT2D eigenvalue weighted by atomic mass is 9.94. The van der Waals surface area contributed by atoms with Crippen LogP contribution in [0.1, 0.15) is 30.9 Å². The number of rotatable bonds is 3. The van der Waals surface area contributed by atoms with Crippen LogP contribution in [0.15, 0.2) is 0 Å². The van der Waals surface area contributed by atoms with Crippen molar-refractivity contribution in [3.8, 4) is 0 Å². The van der Waals surface area contributed by atoms with Crippen molar-refractivity contribution in [1.82, 2.24) is 25.0 Å². The molecule has 1 N–H and O–H groups in total. The molecule has 9 heteroatoms. The molecule has 0 atom stereocenters. The third-order valence-corrected chi connectivity index (χ3v) is 4.40. The number of fused-ring (bicyclic) bond motifs is 1. The average molecular weight is 340 g/mol. The van der Waals surface area contributed by atoms with Gasteiger partial charge in [-0.15, -0.1) is 22.6 Å². The van der Waals surface area contributed by atoms with Crippen LogP contribution < -0.4 is 5.32 Å². The lowest BCUT2D eigenvalue weighted by Crippen LogP contribution is -2.37. The van der Waals surface area contributed by atoms with Gasteiger partial charge in [-0.25, -0.2) is 0 Å². The minimum absolute atomic E-state index is 0. The molecule has 0 unspecified atom stereocenters. The summed E-state index contributed by atoms with van der Waals surface area (Å²) in [7, 11) is 0. The lowest BCUT2D eigenvalue weighted by molar-refractivity contribution is -0.148. The Morgan fingerprint density at radius 1 is 1.14 bits per heavy atom. The number of hydrogen-bond acceptors (Lipinski definition) is 4. The quantitative estimate of drug-likeness (QED) is 0.914. The zero-order valence-corrected chi connectivity index (χ0v) is 13.1. The SMILES string of the molecule is Cl.FC(F)(F)c1nnc2n1CCN(CCC1CCNCC1)C2. The molecule has 1 saturated heterocycles. The van der Waals surface area contributed by atoms with Crippen LogP contribution in [0.25, 0.3) is 0 Å². The summed E-state index contributed by atoms with van der Waals surface area (Å²) in [6.45, 7) is 4.51. The van der Waals surface area contributed by atoms with Crippen molar-refractivity contribution < 1.29 is 13.2 Å². The molecule has 1 aromatic rings. The van der Waals surface area contributed by atoms with Crippen LogP contribution >= 0.6 is 12.4 Å². The molecule has 22 heavy (non-hydrogen) atoms. The highest BCUT2D eigenvalue weighted by Crippen LogP contribution is 2.29. The largest absolute Gasteiger partial charge is 0.451 e. The molecule has 3 rings (SSSR count). The summed E-state index contributed by atoms with van der Waals surface area (Å²) >= 11 is 0. The molecular weight excluding hydrogens is 319 g/mol. The van der Waals surface area contributed by atoms with Gasteiger partial charge in [0.2, 0.25) is 5.82 Å². The Labute approximate surface area is 133 Å². The number of nitrogens with zero attached hydrogens (tertiary/aromatic N) is 4. The summed E-state index contributed by atoms with van der Waals surface area (Å²) in [6, 6.07) is 0. The average Bonchev–Trinajstić information content (AvgIpc) is 2.89. The van der Waals surface area contributed by atoms with Crippen molar-refractivity contribution >= 4 is 12.4 Å². The van der Waals surface area contributed by atoms with Gasteiger partial charge in [-0.2, -0.15) is 13.2 Å². The van der Waals surface area contributed by atoms with Gasteiger partial charge in [-0.3, -0.25) is 4.90 Å². The summed E-state index contributed by atoms with van der Waals surface area (Å²) in [4.78, 5) is 2.19. The summed E-state index contributed by atoms with van der Waals surface area (Å²) in [5, 5.41) is 10.4. The normalized spacial score (nSPS) is 20.5. The van der Waals surface area contributed by atoms with Gasteiger partial charge in [0.1, 0.15) is 5.82 Å². The molecule has 0 saturated carbocycles. The van der Waals surface area contributed by atoms with E-state index in [1.54, 1.807) is 0 Å². The van der Waals surface area contributed by atoms with Gasteiger partial charge in [-0.1, -0.05) is 0 Å². The van der Waals surface area contributed by atoms with Crippen molar-refractivity contribution in [2.24, 2.45) is 5.92 Å². The molecule has 0 aromatic carbocycles. The highest BCUT2D eigenvalue weighted by Gasteiger charge is 2.39. The van der Waals surface area contributed by atoms with Crippen molar-refractivity contribution in [1.29, 1.82) is 0 Å². The fourth-order valence-electron chi connectivity index (χ4n) is 3.14. The van der Waals surface area contributed by atoms with E-state index in [4.69, 9.17) is 0 Å². The summed E-state index contributed by atoms with van der Waals surface area (Å²) < 4.78 is 39.5. The number of hydrogen-bond donors (Lipinski definition) is 1. The number of aromatic nitrogens is 3. The van der Waals surface area contributed by atoms with E-state index in [0.717, 1.165) is 32.0 Å². The minimum atomic E-state index is -4.41. The van der Waals surface area contributed by atoms with Crippen LogP contribution in [-0.4, -0.2) is 45.8 Å². The first-order chi connectivity index (χ1) is 10.0. The molecule has 0 aliphatic carbocycles. The molecular formula is C13H21ClF3N5. The predicted molar refractivity (Wildman–Crippen MR) is 77.8 cm³/mol. The molecule has 0 bridgehead atoms. The second-order valence-corrected chi connectivity index (χ2v) is 5.85. The van der Waals surface area contributed by atoms with Gasteiger partial charge in [-0.05, 0) is 44.8 Å². The molecule has 3 heterocycles.